The molecule has 2 aromatic carbocycles. The number of nitrogen functional groups attached to an aromatic ring is 1. The molecule has 0 saturated carbocycles. The highest BCUT2D eigenvalue weighted by atomic mass is 35.5. The quantitative estimate of drug-likeness (QED) is 0.658. The fourth-order valence-corrected chi connectivity index (χ4v) is 2.30. The summed E-state index contributed by atoms with van der Waals surface area (Å²) in [5, 5.41) is 0.894. The van der Waals surface area contributed by atoms with E-state index in [2.05, 4.69) is 0 Å². The largest absolute Gasteiger partial charge is 0.398 e. The van der Waals surface area contributed by atoms with Crippen LogP contribution in [-0.2, 0) is 0 Å². The third kappa shape index (κ3) is 2.75. The number of nitrogens with two attached hydrogens (primary N) is 1. The summed E-state index contributed by atoms with van der Waals surface area (Å²) >= 11 is 12.0. The Kier molecular flexibility index (Phi) is 3.83. The standard InChI is InChI=1S/C15H13Cl2NO/c1-8-5-11(13(17)6-9(8)2)15(19)12-7-10(16)3-4-14(12)18/h3-7H,18H2,1-2H3. The Bertz CT molecular complexity index is 665. The van der Waals surface area contributed by atoms with E-state index in [1.54, 1.807) is 30.3 Å². The Morgan fingerprint density at radius 2 is 1.63 bits per heavy atom. The first kappa shape index (κ1) is 13.9. The van der Waals surface area contributed by atoms with Crippen molar-refractivity contribution in [3.63, 3.8) is 0 Å². The summed E-state index contributed by atoms with van der Waals surface area (Å²) in [6.07, 6.45) is 0. The van der Waals surface area contributed by atoms with E-state index in [0.717, 1.165) is 11.1 Å². The van der Waals surface area contributed by atoms with Crippen molar-refractivity contribution >= 4 is 34.7 Å². The van der Waals surface area contributed by atoms with E-state index in [4.69, 9.17) is 28.9 Å². The molecule has 0 aliphatic heterocycles. The average molecular weight is 294 g/mol. The fourth-order valence-electron chi connectivity index (χ4n) is 1.83. The molecule has 2 N–H and O–H groups in total. The minimum atomic E-state index is -0.215. The van der Waals surface area contributed by atoms with Gasteiger partial charge >= 0.3 is 0 Å². The van der Waals surface area contributed by atoms with Crippen LogP contribution in [0.3, 0.4) is 0 Å². The van der Waals surface area contributed by atoms with E-state index in [1.165, 1.54) is 0 Å². The van der Waals surface area contributed by atoms with Gasteiger partial charge in [-0.2, -0.15) is 0 Å². The van der Waals surface area contributed by atoms with E-state index < -0.39 is 0 Å². The summed E-state index contributed by atoms with van der Waals surface area (Å²) in [5.41, 5.74) is 9.08. The molecular weight excluding hydrogens is 281 g/mol. The van der Waals surface area contributed by atoms with Crippen molar-refractivity contribution in [2.75, 3.05) is 5.73 Å². The highest BCUT2D eigenvalue weighted by Crippen LogP contribution is 2.27. The van der Waals surface area contributed by atoms with Crippen LogP contribution in [0.4, 0.5) is 5.69 Å². The molecule has 0 radical (unpaired) electrons. The predicted molar refractivity (Wildman–Crippen MR) is 80.2 cm³/mol. The molecule has 98 valence electrons. The molecule has 0 spiro atoms. The van der Waals surface area contributed by atoms with Crippen molar-refractivity contribution < 1.29 is 4.79 Å². The maximum Gasteiger partial charge on any atom is 0.196 e. The lowest BCUT2D eigenvalue weighted by Crippen LogP contribution is -2.07. The molecule has 2 aromatic rings. The van der Waals surface area contributed by atoms with Gasteiger partial charge in [0.05, 0.1) is 5.02 Å². The predicted octanol–water partition coefficient (Wildman–Crippen LogP) is 4.42. The van der Waals surface area contributed by atoms with Gasteiger partial charge in [0.25, 0.3) is 0 Å². The van der Waals surface area contributed by atoms with E-state index in [1.807, 2.05) is 13.8 Å². The van der Waals surface area contributed by atoms with Crippen LogP contribution in [-0.4, -0.2) is 5.78 Å². The maximum atomic E-state index is 12.5. The van der Waals surface area contributed by atoms with E-state index in [9.17, 15) is 4.79 Å². The minimum Gasteiger partial charge on any atom is -0.398 e. The van der Waals surface area contributed by atoms with Crippen LogP contribution in [0.2, 0.25) is 10.0 Å². The lowest BCUT2D eigenvalue weighted by Gasteiger charge is -2.09. The number of ketones is 1. The second-order valence-corrected chi connectivity index (χ2v) is 5.32. The second-order valence-electron chi connectivity index (χ2n) is 4.48. The third-order valence-electron chi connectivity index (χ3n) is 3.09. The first-order valence-corrected chi connectivity index (χ1v) is 6.52. The van der Waals surface area contributed by atoms with Crippen molar-refractivity contribution in [2.24, 2.45) is 0 Å². The molecule has 0 unspecified atom stereocenters. The summed E-state index contributed by atoms with van der Waals surface area (Å²) in [7, 11) is 0. The monoisotopic (exact) mass is 293 g/mol. The number of carbonyl (C=O) groups excluding carboxylic acids is 1. The SMILES string of the molecule is Cc1cc(Cl)c(C(=O)c2cc(Cl)ccc2N)cc1C. The molecule has 0 aromatic heterocycles. The van der Waals surface area contributed by atoms with Gasteiger partial charge in [0.1, 0.15) is 0 Å². The molecule has 0 aliphatic carbocycles. The molecule has 0 fully saturated rings. The first-order chi connectivity index (χ1) is 8.90. The van der Waals surface area contributed by atoms with Crippen molar-refractivity contribution in [1.82, 2.24) is 0 Å². The number of rotatable bonds is 2. The summed E-state index contributed by atoms with van der Waals surface area (Å²) in [6.45, 7) is 3.88. The molecular formula is C15H13Cl2NO. The van der Waals surface area contributed by atoms with Gasteiger partial charge in [-0.25, -0.2) is 0 Å². The Morgan fingerprint density at radius 3 is 2.32 bits per heavy atom. The maximum absolute atomic E-state index is 12.5. The highest BCUT2D eigenvalue weighted by Gasteiger charge is 2.17. The molecule has 19 heavy (non-hydrogen) atoms. The zero-order valence-electron chi connectivity index (χ0n) is 10.6. The van der Waals surface area contributed by atoms with Crippen LogP contribution in [0, 0.1) is 13.8 Å². The van der Waals surface area contributed by atoms with E-state index in [0.29, 0.717) is 26.9 Å². The lowest BCUT2D eigenvalue weighted by molar-refractivity contribution is 0.103. The number of hydrogen-bond acceptors (Lipinski definition) is 2. The molecule has 0 saturated heterocycles. The lowest BCUT2D eigenvalue weighted by atomic mass is 9.98. The summed E-state index contributed by atoms with van der Waals surface area (Å²) < 4.78 is 0. The number of halogens is 2. The van der Waals surface area contributed by atoms with Crippen LogP contribution in [0.25, 0.3) is 0 Å². The van der Waals surface area contributed by atoms with Gasteiger partial charge in [0, 0.05) is 21.8 Å². The zero-order valence-corrected chi connectivity index (χ0v) is 12.1. The van der Waals surface area contributed by atoms with Gasteiger partial charge < -0.3 is 5.73 Å². The third-order valence-corrected chi connectivity index (χ3v) is 3.64. The van der Waals surface area contributed by atoms with Crippen molar-refractivity contribution in [2.45, 2.75) is 13.8 Å². The Morgan fingerprint density at radius 1 is 1.00 bits per heavy atom. The Balaban J connectivity index is 2.56. The van der Waals surface area contributed by atoms with E-state index in [-0.39, 0.29) is 5.78 Å². The normalized spacial score (nSPS) is 10.5. The van der Waals surface area contributed by atoms with Crippen LogP contribution in [0.1, 0.15) is 27.0 Å². The summed E-state index contributed by atoms with van der Waals surface area (Å²) in [5.74, 6) is -0.215. The molecule has 2 nitrogen and oxygen atoms in total. The molecule has 0 atom stereocenters. The molecule has 0 aliphatic rings. The van der Waals surface area contributed by atoms with E-state index >= 15 is 0 Å². The molecule has 0 bridgehead atoms. The van der Waals surface area contributed by atoms with Gasteiger partial charge in [-0.3, -0.25) is 4.79 Å². The summed E-state index contributed by atoms with van der Waals surface area (Å²) in [4.78, 5) is 12.5. The summed E-state index contributed by atoms with van der Waals surface area (Å²) in [6, 6.07) is 8.39. The van der Waals surface area contributed by atoms with Gasteiger partial charge in [0.2, 0.25) is 0 Å². The second kappa shape index (κ2) is 5.24. The molecule has 0 amide bonds. The molecule has 2 rings (SSSR count). The number of carbonyl (C=O) groups is 1. The van der Waals surface area contributed by atoms with Crippen molar-refractivity contribution in [1.29, 1.82) is 0 Å². The van der Waals surface area contributed by atoms with Gasteiger partial charge in [-0.05, 0) is 55.3 Å². The topological polar surface area (TPSA) is 43.1 Å². The fraction of sp³-hybridized carbons (Fsp3) is 0.133. The smallest absolute Gasteiger partial charge is 0.196 e. The van der Waals surface area contributed by atoms with Crippen LogP contribution in [0.15, 0.2) is 30.3 Å². The van der Waals surface area contributed by atoms with Gasteiger partial charge in [0.15, 0.2) is 5.78 Å². The average Bonchev–Trinajstić information content (AvgIpc) is 2.36. The number of benzene rings is 2. The van der Waals surface area contributed by atoms with Crippen molar-refractivity contribution in [3.8, 4) is 0 Å². The van der Waals surface area contributed by atoms with Gasteiger partial charge in [-0.15, -0.1) is 0 Å². The van der Waals surface area contributed by atoms with Crippen LogP contribution >= 0.6 is 23.2 Å². The van der Waals surface area contributed by atoms with Crippen molar-refractivity contribution in [3.05, 3.63) is 62.6 Å². The number of hydrogen-bond donors (Lipinski definition) is 1. The Labute approximate surface area is 122 Å². The molecule has 0 heterocycles. The van der Waals surface area contributed by atoms with Crippen LogP contribution in [0.5, 0.6) is 0 Å². The molecule has 4 heteroatoms. The highest BCUT2D eigenvalue weighted by molar-refractivity contribution is 6.36. The van der Waals surface area contributed by atoms with Gasteiger partial charge in [-0.1, -0.05) is 23.2 Å². The zero-order chi connectivity index (χ0) is 14.2. The number of aryl methyl sites for hydroxylation is 2. The number of anilines is 1. The minimum absolute atomic E-state index is 0.215. The van der Waals surface area contributed by atoms with Crippen LogP contribution < -0.4 is 5.73 Å². The Hall–Kier alpha value is -1.51. The first-order valence-electron chi connectivity index (χ1n) is 5.76.